The Kier molecular flexibility index (Phi) is 8.28. The van der Waals surface area contributed by atoms with Crippen molar-refractivity contribution in [3.63, 3.8) is 0 Å². The molecule has 1 aromatic carbocycles. The number of hydrogen-bond donors (Lipinski definition) is 2. The van der Waals surface area contributed by atoms with Crippen molar-refractivity contribution in [2.45, 2.75) is 47.1 Å². The number of anilines is 1. The van der Waals surface area contributed by atoms with Crippen LogP contribution in [0.3, 0.4) is 0 Å². The van der Waals surface area contributed by atoms with Crippen LogP contribution in [0.5, 0.6) is 0 Å². The van der Waals surface area contributed by atoms with Gasteiger partial charge in [0.25, 0.3) is 0 Å². The number of ether oxygens (including phenoxy) is 1. The Morgan fingerprint density at radius 3 is 2.66 bits per heavy atom. The highest BCUT2D eigenvalue weighted by molar-refractivity contribution is 7.11. The van der Waals surface area contributed by atoms with Crippen LogP contribution in [0.15, 0.2) is 65.2 Å². The van der Waals surface area contributed by atoms with E-state index in [4.69, 9.17) is 10.5 Å². The molecule has 0 bridgehead atoms. The number of benzene rings is 1. The van der Waals surface area contributed by atoms with E-state index in [2.05, 4.69) is 18.3 Å². The number of aryl methyl sites for hydroxylation is 1. The van der Waals surface area contributed by atoms with Crippen molar-refractivity contribution in [1.29, 1.82) is 0 Å². The Morgan fingerprint density at radius 2 is 1.97 bits per heavy atom. The van der Waals surface area contributed by atoms with Gasteiger partial charge in [0.05, 0.1) is 10.6 Å². The molecule has 154 valence electrons. The van der Waals surface area contributed by atoms with Crippen molar-refractivity contribution >= 4 is 28.7 Å². The van der Waals surface area contributed by atoms with Gasteiger partial charge in [0.2, 0.25) is 0 Å². The summed E-state index contributed by atoms with van der Waals surface area (Å²) in [4.78, 5) is 13.4. The summed E-state index contributed by atoms with van der Waals surface area (Å²) in [5.74, 6) is 0. The third kappa shape index (κ3) is 6.36. The van der Waals surface area contributed by atoms with Crippen molar-refractivity contribution in [2.75, 3.05) is 5.32 Å². The largest absolute Gasteiger partial charge is 0.441 e. The lowest BCUT2D eigenvalue weighted by Gasteiger charge is -2.16. The first-order valence-corrected chi connectivity index (χ1v) is 10.6. The first kappa shape index (κ1) is 22.5. The van der Waals surface area contributed by atoms with E-state index in [0.29, 0.717) is 0 Å². The molecule has 0 aliphatic heterocycles. The van der Waals surface area contributed by atoms with Crippen LogP contribution in [0.25, 0.3) is 5.57 Å². The molecule has 0 saturated heterocycles. The summed E-state index contributed by atoms with van der Waals surface area (Å²) in [6.07, 6.45) is 6.12. The number of carbonyl (C=O) groups is 1. The van der Waals surface area contributed by atoms with Gasteiger partial charge in [0.15, 0.2) is 0 Å². The molecule has 2 aromatic rings. The minimum Gasteiger partial charge on any atom is -0.441 e. The number of allylic oxidation sites excluding steroid dienone is 5. The average molecular weight is 411 g/mol. The van der Waals surface area contributed by atoms with Gasteiger partial charge in [0.1, 0.15) is 6.10 Å². The molecule has 29 heavy (non-hydrogen) atoms. The minimum absolute atomic E-state index is 0.328. The lowest BCUT2D eigenvalue weighted by molar-refractivity contribution is 0.121. The second kappa shape index (κ2) is 10.7. The fourth-order valence-electron chi connectivity index (χ4n) is 2.97. The van der Waals surface area contributed by atoms with Crippen LogP contribution in [0.2, 0.25) is 0 Å². The maximum absolute atomic E-state index is 12.4. The topological polar surface area (TPSA) is 64.3 Å². The van der Waals surface area contributed by atoms with E-state index in [1.54, 1.807) is 11.3 Å². The molecule has 4 nitrogen and oxygen atoms in total. The number of thiophene rings is 1. The Hall–Kier alpha value is -2.79. The minimum atomic E-state index is -0.468. The first-order chi connectivity index (χ1) is 13.8. The molecule has 3 N–H and O–H groups in total. The quantitative estimate of drug-likeness (QED) is 0.484. The number of amides is 1. The lowest BCUT2D eigenvalue weighted by atomic mass is 10.1. The number of hydrogen-bond acceptors (Lipinski definition) is 4. The van der Waals surface area contributed by atoms with E-state index in [0.717, 1.165) is 45.0 Å². The van der Waals surface area contributed by atoms with Gasteiger partial charge in [-0.3, -0.25) is 5.32 Å². The molecule has 1 aromatic heterocycles. The molecular formula is C24H30N2O2S. The first-order valence-electron chi connectivity index (χ1n) is 9.75. The van der Waals surface area contributed by atoms with E-state index in [1.807, 2.05) is 75.6 Å². The molecular weight excluding hydrogens is 380 g/mol. The Bertz CT molecular complexity index is 938. The van der Waals surface area contributed by atoms with Crippen LogP contribution >= 0.6 is 11.3 Å². The molecule has 0 spiro atoms. The van der Waals surface area contributed by atoms with Gasteiger partial charge in [-0.2, -0.15) is 0 Å². The fourth-order valence-corrected chi connectivity index (χ4v) is 3.81. The molecule has 1 heterocycles. The lowest BCUT2D eigenvalue weighted by Crippen LogP contribution is -2.16. The van der Waals surface area contributed by atoms with Gasteiger partial charge in [-0.05, 0) is 73.9 Å². The molecule has 0 aliphatic rings. The fraction of sp³-hybridized carbons (Fsp3) is 0.292. The predicted molar refractivity (Wildman–Crippen MR) is 124 cm³/mol. The maximum Gasteiger partial charge on any atom is 0.412 e. The van der Waals surface area contributed by atoms with E-state index in [9.17, 15) is 4.79 Å². The van der Waals surface area contributed by atoms with Crippen molar-refractivity contribution in [3.05, 3.63) is 81.2 Å². The van der Waals surface area contributed by atoms with Crippen LogP contribution in [0.4, 0.5) is 10.5 Å². The molecule has 1 unspecified atom stereocenters. The van der Waals surface area contributed by atoms with Crippen molar-refractivity contribution in [2.24, 2.45) is 5.73 Å². The molecule has 5 heteroatoms. The molecule has 2 rings (SSSR count). The Balaban J connectivity index is 2.09. The van der Waals surface area contributed by atoms with E-state index >= 15 is 0 Å². The van der Waals surface area contributed by atoms with Crippen LogP contribution in [0, 0.1) is 6.92 Å². The van der Waals surface area contributed by atoms with E-state index < -0.39 is 6.09 Å². The number of carbonyl (C=O) groups excluding carboxylic acids is 1. The summed E-state index contributed by atoms with van der Waals surface area (Å²) in [6, 6.07) is 9.78. The van der Waals surface area contributed by atoms with Gasteiger partial charge in [0, 0.05) is 5.70 Å². The number of rotatable bonds is 7. The smallest absolute Gasteiger partial charge is 0.412 e. The molecule has 0 aliphatic carbocycles. The highest BCUT2D eigenvalue weighted by Gasteiger charge is 2.15. The third-order valence-electron chi connectivity index (χ3n) is 4.65. The normalized spacial score (nSPS) is 13.9. The van der Waals surface area contributed by atoms with Gasteiger partial charge in [-0.1, -0.05) is 43.3 Å². The van der Waals surface area contributed by atoms with Crippen LogP contribution in [0.1, 0.15) is 56.2 Å². The molecule has 0 fully saturated rings. The van der Waals surface area contributed by atoms with Crippen molar-refractivity contribution in [3.8, 4) is 0 Å². The zero-order chi connectivity index (χ0) is 21.4. The van der Waals surface area contributed by atoms with Gasteiger partial charge in [-0.15, -0.1) is 11.3 Å². The second-order valence-electron chi connectivity index (χ2n) is 6.96. The number of nitrogens with two attached hydrogens (primary N) is 1. The molecule has 1 atom stereocenters. The van der Waals surface area contributed by atoms with Crippen molar-refractivity contribution < 1.29 is 9.53 Å². The average Bonchev–Trinajstić information content (AvgIpc) is 3.14. The van der Waals surface area contributed by atoms with Gasteiger partial charge >= 0.3 is 6.09 Å². The Morgan fingerprint density at radius 1 is 1.24 bits per heavy atom. The summed E-state index contributed by atoms with van der Waals surface area (Å²) in [7, 11) is 0. The van der Waals surface area contributed by atoms with Gasteiger partial charge in [-0.25, -0.2) is 4.79 Å². The van der Waals surface area contributed by atoms with Crippen LogP contribution < -0.4 is 11.1 Å². The summed E-state index contributed by atoms with van der Waals surface area (Å²) in [5.41, 5.74) is 11.8. The van der Waals surface area contributed by atoms with Crippen molar-refractivity contribution in [1.82, 2.24) is 0 Å². The van der Waals surface area contributed by atoms with E-state index in [1.165, 1.54) is 0 Å². The summed E-state index contributed by atoms with van der Waals surface area (Å²) < 4.78 is 5.58. The van der Waals surface area contributed by atoms with Gasteiger partial charge < -0.3 is 10.5 Å². The van der Waals surface area contributed by atoms with E-state index in [-0.39, 0.29) is 6.10 Å². The molecule has 1 amide bonds. The zero-order valence-corrected chi connectivity index (χ0v) is 18.6. The Labute approximate surface area is 177 Å². The summed E-state index contributed by atoms with van der Waals surface area (Å²) in [6.45, 7) is 9.97. The highest BCUT2D eigenvalue weighted by Crippen LogP contribution is 2.30. The van der Waals surface area contributed by atoms with Crippen LogP contribution in [-0.2, 0) is 4.74 Å². The third-order valence-corrected chi connectivity index (χ3v) is 5.70. The summed E-state index contributed by atoms with van der Waals surface area (Å²) in [5, 5.41) is 4.81. The standard InChI is InChI=1S/C24H30N2O2S/c1-6-9-17(3)21(25)13-12-18(4)23-22(14-15-29-23)26-24(27)28-19(5)20-11-8-7-10-16(20)2/h7-15,19H,6,25H2,1-5H3,(H,26,27)/b17-9+,18-12+,21-13+. The van der Waals surface area contributed by atoms with Crippen LogP contribution in [-0.4, -0.2) is 6.09 Å². The monoisotopic (exact) mass is 410 g/mol. The number of nitrogens with one attached hydrogen (secondary N) is 1. The zero-order valence-electron chi connectivity index (χ0n) is 17.8. The maximum atomic E-state index is 12.4. The predicted octanol–water partition coefficient (Wildman–Crippen LogP) is 6.97. The molecule has 0 saturated carbocycles. The summed E-state index contributed by atoms with van der Waals surface area (Å²) >= 11 is 1.56. The highest BCUT2D eigenvalue weighted by atomic mass is 32.1. The molecule has 0 radical (unpaired) electrons. The second-order valence-corrected chi connectivity index (χ2v) is 7.88. The SMILES string of the molecule is CC/C=C(C)/C(N)=C\C=C(/C)c1sccc1NC(=O)OC(C)c1ccccc1C.